The maximum absolute atomic E-state index is 12.2. The van der Waals surface area contributed by atoms with Gasteiger partial charge in [-0.25, -0.2) is 0 Å². The fraction of sp³-hybridized carbons (Fsp3) is 0.467. The Kier molecular flexibility index (Phi) is 4.04. The standard InChI is InChI=1S/C15H20N6O/c1-11-4-3-5-13(12(11)2)20-6-8-21(9-7-20)15(22)10-14-16-18-19-17-14/h3-5H,6-10H2,1-2H3,(H,16,17,18,19). The van der Waals surface area contributed by atoms with Gasteiger partial charge >= 0.3 is 0 Å². The normalized spacial score (nSPS) is 15.2. The first-order chi connectivity index (χ1) is 10.6. The number of nitrogens with one attached hydrogen (secondary N) is 1. The number of aromatic nitrogens is 4. The SMILES string of the molecule is Cc1cccc(N2CCN(C(=O)Cc3nn[nH]n3)CC2)c1C. The predicted octanol–water partition coefficient (Wildman–Crippen LogP) is 0.708. The van der Waals surface area contributed by atoms with Crippen molar-refractivity contribution in [2.24, 2.45) is 0 Å². The van der Waals surface area contributed by atoms with Gasteiger partial charge in [0.05, 0.1) is 6.42 Å². The molecule has 1 aromatic carbocycles. The molecule has 7 nitrogen and oxygen atoms in total. The Morgan fingerprint density at radius 2 is 2.00 bits per heavy atom. The van der Waals surface area contributed by atoms with Crippen LogP contribution in [0.5, 0.6) is 0 Å². The lowest BCUT2D eigenvalue weighted by Gasteiger charge is -2.37. The van der Waals surface area contributed by atoms with Crippen LogP contribution in [0.4, 0.5) is 5.69 Å². The van der Waals surface area contributed by atoms with Gasteiger partial charge in [-0.15, -0.1) is 10.2 Å². The van der Waals surface area contributed by atoms with E-state index in [0.29, 0.717) is 5.82 Å². The fourth-order valence-electron chi connectivity index (χ4n) is 2.78. The van der Waals surface area contributed by atoms with E-state index >= 15 is 0 Å². The highest BCUT2D eigenvalue weighted by atomic mass is 16.2. The molecule has 22 heavy (non-hydrogen) atoms. The molecule has 2 heterocycles. The van der Waals surface area contributed by atoms with Gasteiger partial charge in [0.25, 0.3) is 0 Å². The number of rotatable bonds is 3. The molecule has 2 aromatic rings. The summed E-state index contributed by atoms with van der Waals surface area (Å²) in [6.07, 6.45) is 0.208. The Labute approximate surface area is 129 Å². The molecule has 0 radical (unpaired) electrons. The van der Waals surface area contributed by atoms with Crippen LogP contribution < -0.4 is 4.90 Å². The van der Waals surface area contributed by atoms with Crippen LogP contribution >= 0.6 is 0 Å². The molecule has 0 saturated carbocycles. The number of nitrogens with zero attached hydrogens (tertiary/aromatic N) is 5. The fourth-order valence-corrected chi connectivity index (χ4v) is 2.78. The van der Waals surface area contributed by atoms with Crippen LogP contribution in [0, 0.1) is 13.8 Å². The van der Waals surface area contributed by atoms with E-state index in [9.17, 15) is 4.79 Å². The quantitative estimate of drug-likeness (QED) is 0.903. The van der Waals surface area contributed by atoms with Gasteiger partial charge in [-0.1, -0.05) is 17.3 Å². The number of hydrogen-bond acceptors (Lipinski definition) is 5. The lowest BCUT2D eigenvalue weighted by molar-refractivity contribution is -0.130. The smallest absolute Gasteiger partial charge is 0.230 e. The van der Waals surface area contributed by atoms with Crippen LogP contribution in [0.3, 0.4) is 0 Å². The summed E-state index contributed by atoms with van der Waals surface area (Å²) >= 11 is 0. The molecule has 7 heteroatoms. The van der Waals surface area contributed by atoms with E-state index in [0.717, 1.165) is 26.2 Å². The Bertz CT molecular complexity index is 646. The third-order valence-corrected chi connectivity index (χ3v) is 4.25. The molecule has 0 bridgehead atoms. The first-order valence-corrected chi connectivity index (χ1v) is 7.46. The maximum atomic E-state index is 12.2. The number of aromatic amines is 1. The molecular weight excluding hydrogens is 280 g/mol. The second-order valence-corrected chi connectivity index (χ2v) is 5.59. The Morgan fingerprint density at radius 1 is 1.23 bits per heavy atom. The van der Waals surface area contributed by atoms with E-state index in [4.69, 9.17) is 0 Å². The van der Waals surface area contributed by atoms with Crippen molar-refractivity contribution in [1.29, 1.82) is 0 Å². The number of benzene rings is 1. The van der Waals surface area contributed by atoms with Crippen LogP contribution in [-0.4, -0.2) is 57.6 Å². The number of aryl methyl sites for hydroxylation is 1. The predicted molar refractivity (Wildman–Crippen MR) is 82.6 cm³/mol. The van der Waals surface area contributed by atoms with Crippen molar-refractivity contribution in [3.05, 3.63) is 35.2 Å². The van der Waals surface area contributed by atoms with Crippen molar-refractivity contribution in [3.8, 4) is 0 Å². The average molecular weight is 300 g/mol. The summed E-state index contributed by atoms with van der Waals surface area (Å²) in [5.41, 5.74) is 3.88. The highest BCUT2D eigenvalue weighted by molar-refractivity contribution is 5.78. The summed E-state index contributed by atoms with van der Waals surface area (Å²) in [5, 5.41) is 13.5. The van der Waals surface area contributed by atoms with E-state index in [-0.39, 0.29) is 12.3 Å². The number of anilines is 1. The van der Waals surface area contributed by atoms with Gasteiger partial charge in [0.2, 0.25) is 5.91 Å². The number of carbonyl (C=O) groups is 1. The van der Waals surface area contributed by atoms with E-state index < -0.39 is 0 Å². The molecule has 1 N–H and O–H groups in total. The van der Waals surface area contributed by atoms with Crippen molar-refractivity contribution in [3.63, 3.8) is 0 Å². The van der Waals surface area contributed by atoms with E-state index in [1.807, 2.05) is 4.90 Å². The van der Waals surface area contributed by atoms with Crippen LogP contribution in [0.15, 0.2) is 18.2 Å². The molecule has 116 valence electrons. The first-order valence-electron chi connectivity index (χ1n) is 7.46. The number of piperazine rings is 1. The van der Waals surface area contributed by atoms with E-state index in [2.05, 4.69) is 57.6 Å². The Morgan fingerprint density at radius 3 is 2.68 bits per heavy atom. The van der Waals surface area contributed by atoms with Crippen LogP contribution in [-0.2, 0) is 11.2 Å². The molecular formula is C15H20N6O. The van der Waals surface area contributed by atoms with Gasteiger partial charge in [-0.05, 0) is 31.0 Å². The largest absolute Gasteiger partial charge is 0.368 e. The lowest BCUT2D eigenvalue weighted by Crippen LogP contribution is -2.49. The first kappa shape index (κ1) is 14.5. The zero-order valence-corrected chi connectivity index (χ0v) is 12.9. The van der Waals surface area contributed by atoms with Gasteiger partial charge in [0.15, 0.2) is 5.82 Å². The van der Waals surface area contributed by atoms with Crippen molar-refractivity contribution in [2.45, 2.75) is 20.3 Å². The topological polar surface area (TPSA) is 78.0 Å². The third kappa shape index (κ3) is 2.93. The monoisotopic (exact) mass is 300 g/mol. The molecule has 1 saturated heterocycles. The van der Waals surface area contributed by atoms with Crippen molar-refractivity contribution in [2.75, 3.05) is 31.1 Å². The third-order valence-electron chi connectivity index (χ3n) is 4.25. The summed E-state index contributed by atoms with van der Waals surface area (Å²) in [4.78, 5) is 16.4. The van der Waals surface area contributed by atoms with Crippen molar-refractivity contribution >= 4 is 11.6 Å². The number of amides is 1. The van der Waals surface area contributed by atoms with Gasteiger partial charge < -0.3 is 9.80 Å². The molecule has 0 atom stereocenters. The number of carbonyl (C=O) groups excluding carboxylic acids is 1. The minimum Gasteiger partial charge on any atom is -0.368 e. The van der Waals surface area contributed by atoms with Crippen LogP contribution in [0.1, 0.15) is 17.0 Å². The Hall–Kier alpha value is -2.44. The zero-order valence-electron chi connectivity index (χ0n) is 12.9. The molecule has 1 fully saturated rings. The minimum atomic E-state index is 0.0574. The second kappa shape index (κ2) is 6.13. The molecule has 0 aliphatic carbocycles. The summed E-state index contributed by atoms with van der Waals surface area (Å²) in [6.45, 7) is 7.43. The Balaban J connectivity index is 1.60. The second-order valence-electron chi connectivity index (χ2n) is 5.59. The number of hydrogen-bond donors (Lipinski definition) is 1. The van der Waals surface area contributed by atoms with Crippen molar-refractivity contribution < 1.29 is 4.79 Å². The van der Waals surface area contributed by atoms with Crippen LogP contribution in [0.2, 0.25) is 0 Å². The summed E-state index contributed by atoms with van der Waals surface area (Å²) in [6, 6.07) is 6.37. The highest BCUT2D eigenvalue weighted by Gasteiger charge is 2.23. The van der Waals surface area contributed by atoms with E-state index in [1.165, 1.54) is 16.8 Å². The molecule has 1 aliphatic heterocycles. The molecule has 0 spiro atoms. The molecule has 1 amide bonds. The summed E-state index contributed by atoms with van der Waals surface area (Å²) in [5.74, 6) is 0.504. The molecule has 0 unspecified atom stereocenters. The summed E-state index contributed by atoms with van der Waals surface area (Å²) in [7, 11) is 0. The highest BCUT2D eigenvalue weighted by Crippen LogP contribution is 2.23. The maximum Gasteiger partial charge on any atom is 0.230 e. The lowest BCUT2D eigenvalue weighted by atomic mass is 10.1. The number of tetrazole rings is 1. The average Bonchev–Trinajstić information content (AvgIpc) is 3.03. The van der Waals surface area contributed by atoms with Crippen molar-refractivity contribution in [1.82, 2.24) is 25.5 Å². The zero-order chi connectivity index (χ0) is 15.5. The summed E-state index contributed by atoms with van der Waals surface area (Å²) < 4.78 is 0. The molecule has 1 aromatic heterocycles. The number of H-pyrrole nitrogens is 1. The molecule has 3 rings (SSSR count). The van der Waals surface area contributed by atoms with Gasteiger partial charge in [0.1, 0.15) is 0 Å². The van der Waals surface area contributed by atoms with Gasteiger partial charge in [-0.2, -0.15) is 5.21 Å². The van der Waals surface area contributed by atoms with Gasteiger partial charge in [0, 0.05) is 31.9 Å². The van der Waals surface area contributed by atoms with E-state index in [1.54, 1.807) is 0 Å². The molecule has 1 aliphatic rings. The minimum absolute atomic E-state index is 0.0574. The van der Waals surface area contributed by atoms with Gasteiger partial charge in [-0.3, -0.25) is 4.79 Å². The van der Waals surface area contributed by atoms with Crippen LogP contribution in [0.25, 0.3) is 0 Å².